The molecule has 1 aromatic heterocycles. The van der Waals surface area contributed by atoms with Crippen LogP contribution in [-0.4, -0.2) is 11.2 Å². The van der Waals surface area contributed by atoms with E-state index in [4.69, 9.17) is 4.52 Å². The van der Waals surface area contributed by atoms with Crippen LogP contribution in [0.25, 0.3) is 0 Å². The fraction of sp³-hybridized carbons (Fsp3) is 0.750. The van der Waals surface area contributed by atoms with Gasteiger partial charge in [-0.15, -0.1) is 0 Å². The summed E-state index contributed by atoms with van der Waals surface area (Å²) < 4.78 is 5.16. The number of rotatable bonds is 4. The fourth-order valence-corrected chi connectivity index (χ4v) is 2.38. The Morgan fingerprint density at radius 2 is 2.40 bits per heavy atom. The molecule has 0 radical (unpaired) electrons. The van der Waals surface area contributed by atoms with Crippen LogP contribution in [0.1, 0.15) is 44.1 Å². The highest BCUT2D eigenvalue weighted by molar-refractivity contribution is 5.02. The molecule has 0 saturated heterocycles. The Morgan fingerprint density at radius 1 is 1.53 bits per heavy atom. The second-order valence-electron chi connectivity index (χ2n) is 4.60. The maximum Gasteiger partial charge on any atom is 0.150 e. The van der Waals surface area contributed by atoms with Crippen LogP contribution in [0.2, 0.25) is 0 Å². The summed E-state index contributed by atoms with van der Waals surface area (Å²) >= 11 is 0. The van der Waals surface area contributed by atoms with Crippen LogP contribution in [0.4, 0.5) is 0 Å². The van der Waals surface area contributed by atoms with E-state index in [9.17, 15) is 0 Å². The molecule has 0 spiro atoms. The predicted octanol–water partition coefficient (Wildman–Crippen LogP) is 2.65. The number of nitrogens with zero attached hydrogens (tertiary/aromatic N) is 1. The first-order chi connectivity index (χ1) is 7.28. The lowest BCUT2D eigenvalue weighted by molar-refractivity contribution is 0.358. The summed E-state index contributed by atoms with van der Waals surface area (Å²) in [6.45, 7) is 5.06. The van der Waals surface area contributed by atoms with Gasteiger partial charge in [0.2, 0.25) is 0 Å². The zero-order chi connectivity index (χ0) is 10.7. The van der Waals surface area contributed by atoms with Crippen LogP contribution in [0.15, 0.2) is 10.6 Å². The van der Waals surface area contributed by atoms with Gasteiger partial charge in [0.1, 0.15) is 0 Å². The minimum absolute atomic E-state index is 0.681. The zero-order valence-corrected chi connectivity index (χ0v) is 9.62. The molecule has 2 unspecified atom stereocenters. The van der Waals surface area contributed by atoms with Gasteiger partial charge in [0.25, 0.3) is 0 Å². The normalized spacial score (nSPS) is 26.0. The Labute approximate surface area is 91.2 Å². The van der Waals surface area contributed by atoms with Gasteiger partial charge in [-0.05, 0) is 32.1 Å². The van der Waals surface area contributed by atoms with Crippen molar-refractivity contribution in [2.45, 2.75) is 52.1 Å². The van der Waals surface area contributed by atoms with Crippen molar-refractivity contribution in [1.82, 2.24) is 10.5 Å². The summed E-state index contributed by atoms with van der Waals surface area (Å²) in [7, 11) is 0. The number of hydrogen-bond acceptors (Lipinski definition) is 3. The summed E-state index contributed by atoms with van der Waals surface area (Å²) in [5, 5.41) is 7.42. The minimum Gasteiger partial charge on any atom is -0.360 e. The lowest BCUT2D eigenvalue weighted by atomic mass is 10.1. The summed E-state index contributed by atoms with van der Waals surface area (Å²) in [4.78, 5) is 0. The third-order valence-corrected chi connectivity index (χ3v) is 3.36. The predicted molar refractivity (Wildman–Crippen MR) is 59.5 cm³/mol. The Balaban J connectivity index is 1.75. The molecule has 0 aromatic carbocycles. The molecule has 0 amide bonds. The van der Waals surface area contributed by atoms with Gasteiger partial charge >= 0.3 is 0 Å². The maximum atomic E-state index is 5.16. The van der Waals surface area contributed by atoms with Gasteiger partial charge in [-0.3, -0.25) is 0 Å². The van der Waals surface area contributed by atoms with Gasteiger partial charge in [0.15, 0.2) is 5.76 Å². The van der Waals surface area contributed by atoms with Crippen LogP contribution in [0.5, 0.6) is 0 Å². The molecule has 2 rings (SSSR count). The maximum absolute atomic E-state index is 5.16. The second kappa shape index (κ2) is 4.79. The Bertz CT molecular complexity index is 308. The summed E-state index contributed by atoms with van der Waals surface area (Å²) in [6, 6.07) is 2.68. The van der Waals surface area contributed by atoms with E-state index >= 15 is 0 Å². The highest BCUT2D eigenvalue weighted by atomic mass is 16.5. The Hall–Kier alpha value is -0.830. The molecule has 1 aromatic rings. The number of nitrogens with one attached hydrogen (secondary N) is 1. The average Bonchev–Trinajstić information content (AvgIpc) is 2.83. The van der Waals surface area contributed by atoms with E-state index in [-0.39, 0.29) is 0 Å². The van der Waals surface area contributed by atoms with Gasteiger partial charge in [-0.25, -0.2) is 0 Å². The first-order valence-electron chi connectivity index (χ1n) is 5.93. The van der Waals surface area contributed by atoms with Crippen molar-refractivity contribution in [1.29, 1.82) is 0 Å². The topological polar surface area (TPSA) is 38.1 Å². The molecule has 15 heavy (non-hydrogen) atoms. The van der Waals surface area contributed by atoms with E-state index in [0.29, 0.717) is 6.04 Å². The van der Waals surface area contributed by atoms with Crippen molar-refractivity contribution in [2.75, 3.05) is 0 Å². The molecular formula is C12H20N2O. The number of aryl methyl sites for hydroxylation is 1. The van der Waals surface area contributed by atoms with Gasteiger partial charge < -0.3 is 9.84 Å². The second-order valence-corrected chi connectivity index (χ2v) is 4.60. The standard InChI is InChI=1S/C12H20N2O/c1-3-10-4-5-11(7-10)13-8-12-6-9(2)14-15-12/h6,10-11,13H,3-5,7-8H2,1-2H3. The van der Waals surface area contributed by atoms with Gasteiger partial charge in [0, 0.05) is 12.1 Å². The molecule has 0 aliphatic heterocycles. The van der Waals surface area contributed by atoms with Crippen LogP contribution in [0, 0.1) is 12.8 Å². The van der Waals surface area contributed by atoms with E-state index in [1.807, 2.05) is 13.0 Å². The molecule has 3 heteroatoms. The third-order valence-electron chi connectivity index (χ3n) is 3.36. The van der Waals surface area contributed by atoms with E-state index in [1.54, 1.807) is 0 Å². The molecule has 1 aliphatic rings. The number of aromatic nitrogens is 1. The summed E-state index contributed by atoms with van der Waals surface area (Å²) in [5.74, 6) is 1.88. The van der Waals surface area contributed by atoms with E-state index < -0.39 is 0 Å². The lowest BCUT2D eigenvalue weighted by Gasteiger charge is -2.10. The van der Waals surface area contributed by atoms with Crippen molar-refractivity contribution in [3.8, 4) is 0 Å². The number of hydrogen-bond donors (Lipinski definition) is 1. The van der Waals surface area contributed by atoms with Crippen molar-refractivity contribution in [3.05, 3.63) is 17.5 Å². The molecular weight excluding hydrogens is 188 g/mol. The molecule has 1 saturated carbocycles. The quantitative estimate of drug-likeness (QED) is 0.826. The summed E-state index contributed by atoms with van der Waals surface area (Å²) in [5.41, 5.74) is 0.963. The smallest absolute Gasteiger partial charge is 0.150 e. The van der Waals surface area contributed by atoms with E-state index in [0.717, 1.165) is 23.9 Å². The van der Waals surface area contributed by atoms with Crippen molar-refractivity contribution in [3.63, 3.8) is 0 Å². The lowest BCUT2D eigenvalue weighted by Crippen LogP contribution is -2.25. The van der Waals surface area contributed by atoms with Crippen molar-refractivity contribution in [2.24, 2.45) is 5.92 Å². The zero-order valence-electron chi connectivity index (χ0n) is 9.62. The van der Waals surface area contributed by atoms with Crippen LogP contribution in [0.3, 0.4) is 0 Å². The first kappa shape index (κ1) is 10.7. The minimum atomic E-state index is 0.681. The molecule has 1 N–H and O–H groups in total. The Morgan fingerprint density at radius 3 is 3.00 bits per heavy atom. The molecule has 0 bridgehead atoms. The Kier molecular flexibility index (Phi) is 3.41. The van der Waals surface area contributed by atoms with Crippen LogP contribution in [-0.2, 0) is 6.54 Å². The molecule has 1 aliphatic carbocycles. The highest BCUT2D eigenvalue weighted by Gasteiger charge is 2.22. The van der Waals surface area contributed by atoms with Crippen molar-refractivity contribution >= 4 is 0 Å². The third kappa shape index (κ3) is 2.81. The molecule has 3 nitrogen and oxygen atoms in total. The molecule has 84 valence electrons. The van der Waals surface area contributed by atoms with Gasteiger partial charge in [0.05, 0.1) is 12.2 Å². The van der Waals surface area contributed by atoms with E-state index in [1.165, 1.54) is 25.7 Å². The van der Waals surface area contributed by atoms with Gasteiger partial charge in [-0.2, -0.15) is 0 Å². The average molecular weight is 208 g/mol. The van der Waals surface area contributed by atoms with Crippen LogP contribution < -0.4 is 5.32 Å². The van der Waals surface area contributed by atoms with Gasteiger partial charge in [-0.1, -0.05) is 18.5 Å². The first-order valence-corrected chi connectivity index (χ1v) is 5.93. The monoisotopic (exact) mass is 208 g/mol. The van der Waals surface area contributed by atoms with Crippen LogP contribution >= 0.6 is 0 Å². The largest absolute Gasteiger partial charge is 0.360 e. The molecule has 1 fully saturated rings. The summed E-state index contributed by atoms with van der Waals surface area (Å²) in [6.07, 6.45) is 5.33. The highest BCUT2D eigenvalue weighted by Crippen LogP contribution is 2.27. The molecule has 2 atom stereocenters. The van der Waals surface area contributed by atoms with E-state index in [2.05, 4.69) is 17.4 Å². The van der Waals surface area contributed by atoms with Crippen molar-refractivity contribution < 1.29 is 4.52 Å². The SMILES string of the molecule is CCC1CCC(NCc2cc(C)no2)C1. The fourth-order valence-electron chi connectivity index (χ4n) is 2.38. The molecule has 1 heterocycles.